The van der Waals surface area contributed by atoms with E-state index < -0.39 is 10.9 Å². The van der Waals surface area contributed by atoms with E-state index in [4.69, 9.17) is 10.4 Å². The lowest BCUT2D eigenvalue weighted by atomic mass is 10.1. The van der Waals surface area contributed by atoms with Crippen LogP contribution in [0.3, 0.4) is 0 Å². The van der Waals surface area contributed by atoms with Gasteiger partial charge in [0.15, 0.2) is 0 Å². The van der Waals surface area contributed by atoms with Gasteiger partial charge in [-0.1, -0.05) is 6.08 Å². The molecule has 0 bridgehead atoms. The summed E-state index contributed by atoms with van der Waals surface area (Å²) < 4.78 is 0. The molecule has 1 N–H and O–H groups in total. The van der Waals surface area contributed by atoms with Crippen molar-refractivity contribution in [2.24, 2.45) is 0 Å². The minimum absolute atomic E-state index is 0.0531. The number of nitriles is 1. The molecular formula is C12H11N3O4. The van der Waals surface area contributed by atoms with Crippen LogP contribution in [-0.2, 0) is 4.79 Å². The number of rotatable bonds is 6. The SMILES string of the molecule is C=CCN(CC(=O)O)c1ccc([N+](=O)[O-])cc1C#N. The lowest BCUT2D eigenvalue weighted by Gasteiger charge is -2.21. The third-order valence-electron chi connectivity index (χ3n) is 2.33. The van der Waals surface area contributed by atoms with Gasteiger partial charge in [-0.2, -0.15) is 5.26 Å². The number of carboxylic acid groups (broad SMARTS) is 1. The van der Waals surface area contributed by atoms with Crippen LogP contribution >= 0.6 is 0 Å². The van der Waals surface area contributed by atoms with Crippen LogP contribution in [0.4, 0.5) is 11.4 Å². The second kappa shape index (κ2) is 6.16. The first-order valence-electron chi connectivity index (χ1n) is 5.25. The summed E-state index contributed by atoms with van der Waals surface area (Å²) in [6, 6.07) is 5.54. The van der Waals surface area contributed by atoms with E-state index in [0.29, 0.717) is 5.69 Å². The summed E-state index contributed by atoms with van der Waals surface area (Å²) >= 11 is 0. The van der Waals surface area contributed by atoms with E-state index in [-0.39, 0.29) is 24.3 Å². The quantitative estimate of drug-likeness (QED) is 0.472. The molecule has 0 aliphatic rings. The van der Waals surface area contributed by atoms with E-state index in [1.165, 1.54) is 23.1 Å². The summed E-state index contributed by atoms with van der Waals surface area (Å²) in [6.07, 6.45) is 1.49. The van der Waals surface area contributed by atoms with Crippen molar-refractivity contribution in [1.82, 2.24) is 0 Å². The first-order valence-corrected chi connectivity index (χ1v) is 5.25. The van der Waals surface area contributed by atoms with Gasteiger partial charge >= 0.3 is 5.97 Å². The molecule has 0 saturated heterocycles. The first kappa shape index (κ1) is 14.2. The van der Waals surface area contributed by atoms with E-state index in [1.807, 2.05) is 6.07 Å². The molecule has 7 heteroatoms. The fraction of sp³-hybridized carbons (Fsp3) is 0.167. The van der Waals surface area contributed by atoms with Gasteiger partial charge in [-0.25, -0.2) is 0 Å². The molecule has 0 unspecified atom stereocenters. The molecule has 0 heterocycles. The van der Waals surface area contributed by atoms with Crippen molar-refractivity contribution in [2.45, 2.75) is 0 Å². The average molecular weight is 261 g/mol. The average Bonchev–Trinajstić information content (AvgIpc) is 2.36. The highest BCUT2D eigenvalue weighted by Gasteiger charge is 2.16. The lowest BCUT2D eigenvalue weighted by Crippen LogP contribution is -2.30. The van der Waals surface area contributed by atoms with Gasteiger partial charge in [-0.3, -0.25) is 14.9 Å². The molecule has 0 spiro atoms. The van der Waals surface area contributed by atoms with Gasteiger partial charge in [0.2, 0.25) is 0 Å². The van der Waals surface area contributed by atoms with Crippen molar-refractivity contribution >= 4 is 17.3 Å². The fourth-order valence-corrected chi connectivity index (χ4v) is 1.57. The standard InChI is InChI=1S/C12H11N3O4/c1-2-5-14(8-12(16)17)11-4-3-10(15(18)19)6-9(11)7-13/h2-4,6H,1,5,8H2,(H,16,17). The van der Waals surface area contributed by atoms with Crippen LogP contribution in [0.2, 0.25) is 0 Å². The monoisotopic (exact) mass is 261 g/mol. The number of aliphatic carboxylic acids is 1. The summed E-state index contributed by atoms with van der Waals surface area (Å²) in [5, 5.41) is 28.4. The van der Waals surface area contributed by atoms with Gasteiger partial charge in [-0.15, -0.1) is 6.58 Å². The summed E-state index contributed by atoms with van der Waals surface area (Å²) in [5.41, 5.74) is 0.168. The molecule has 0 amide bonds. The van der Waals surface area contributed by atoms with Gasteiger partial charge < -0.3 is 10.0 Å². The number of carboxylic acids is 1. The van der Waals surface area contributed by atoms with Gasteiger partial charge in [-0.05, 0) is 6.07 Å². The molecule has 98 valence electrons. The zero-order valence-corrected chi connectivity index (χ0v) is 9.94. The first-order chi connectivity index (χ1) is 8.99. The third-order valence-corrected chi connectivity index (χ3v) is 2.33. The van der Waals surface area contributed by atoms with Crippen LogP contribution in [0.1, 0.15) is 5.56 Å². The summed E-state index contributed by atoms with van der Waals surface area (Å²) in [5.74, 6) is -1.07. The number of anilines is 1. The number of hydrogen-bond donors (Lipinski definition) is 1. The Morgan fingerprint density at radius 2 is 2.32 bits per heavy atom. The van der Waals surface area contributed by atoms with Gasteiger partial charge in [0.1, 0.15) is 12.6 Å². The molecule has 7 nitrogen and oxygen atoms in total. The molecule has 0 atom stereocenters. The van der Waals surface area contributed by atoms with Crippen molar-refractivity contribution in [3.8, 4) is 6.07 Å². The molecule has 0 aromatic heterocycles. The molecule has 0 aliphatic heterocycles. The van der Waals surface area contributed by atoms with E-state index in [9.17, 15) is 14.9 Å². The minimum atomic E-state index is -1.07. The highest BCUT2D eigenvalue weighted by atomic mass is 16.6. The second-order valence-electron chi connectivity index (χ2n) is 3.63. The third kappa shape index (κ3) is 3.54. The number of benzene rings is 1. The molecule has 0 fully saturated rings. The second-order valence-corrected chi connectivity index (χ2v) is 3.63. The molecular weight excluding hydrogens is 250 g/mol. The largest absolute Gasteiger partial charge is 0.480 e. The maximum Gasteiger partial charge on any atom is 0.323 e. The summed E-state index contributed by atoms with van der Waals surface area (Å²) in [4.78, 5) is 22.2. The van der Waals surface area contributed by atoms with E-state index in [1.54, 1.807) is 0 Å². The van der Waals surface area contributed by atoms with Gasteiger partial charge in [0.25, 0.3) is 5.69 Å². The molecule has 1 aromatic carbocycles. The van der Waals surface area contributed by atoms with Crippen LogP contribution < -0.4 is 4.90 Å². The number of nitrogens with zero attached hydrogens (tertiary/aromatic N) is 3. The smallest absolute Gasteiger partial charge is 0.323 e. The Kier molecular flexibility index (Phi) is 4.60. The highest BCUT2D eigenvalue weighted by molar-refractivity contribution is 5.75. The predicted molar refractivity (Wildman–Crippen MR) is 67.9 cm³/mol. The van der Waals surface area contributed by atoms with Crippen LogP contribution in [0.15, 0.2) is 30.9 Å². The Bertz CT molecular complexity index is 563. The minimum Gasteiger partial charge on any atom is -0.480 e. The molecule has 1 aromatic rings. The van der Waals surface area contributed by atoms with Crippen molar-refractivity contribution < 1.29 is 14.8 Å². The highest BCUT2D eigenvalue weighted by Crippen LogP contribution is 2.24. The van der Waals surface area contributed by atoms with Crippen molar-refractivity contribution in [1.29, 1.82) is 5.26 Å². The maximum absolute atomic E-state index is 10.8. The summed E-state index contributed by atoms with van der Waals surface area (Å²) in [7, 11) is 0. The zero-order chi connectivity index (χ0) is 14.4. The lowest BCUT2D eigenvalue weighted by molar-refractivity contribution is -0.384. The van der Waals surface area contributed by atoms with Crippen molar-refractivity contribution in [2.75, 3.05) is 18.0 Å². The Hall–Kier alpha value is -2.88. The van der Waals surface area contributed by atoms with Crippen LogP contribution in [0.25, 0.3) is 0 Å². The Morgan fingerprint density at radius 1 is 1.63 bits per heavy atom. The van der Waals surface area contributed by atoms with Crippen LogP contribution in [0.5, 0.6) is 0 Å². The number of non-ortho nitro benzene ring substituents is 1. The number of carbonyl (C=O) groups is 1. The van der Waals surface area contributed by atoms with Crippen LogP contribution in [0, 0.1) is 21.4 Å². The van der Waals surface area contributed by atoms with E-state index >= 15 is 0 Å². The van der Waals surface area contributed by atoms with Gasteiger partial charge in [0, 0.05) is 18.7 Å². The Morgan fingerprint density at radius 3 is 2.79 bits per heavy atom. The number of nitro benzene ring substituents is 1. The molecule has 0 radical (unpaired) electrons. The summed E-state index contributed by atoms with van der Waals surface area (Å²) in [6.45, 7) is 3.41. The van der Waals surface area contributed by atoms with E-state index in [2.05, 4.69) is 6.58 Å². The fourth-order valence-electron chi connectivity index (χ4n) is 1.57. The van der Waals surface area contributed by atoms with Crippen LogP contribution in [-0.4, -0.2) is 29.1 Å². The number of hydrogen-bond acceptors (Lipinski definition) is 5. The Labute approximate surface area is 109 Å². The maximum atomic E-state index is 10.8. The molecule has 19 heavy (non-hydrogen) atoms. The normalized spacial score (nSPS) is 9.42. The van der Waals surface area contributed by atoms with Crippen molar-refractivity contribution in [3.05, 3.63) is 46.5 Å². The zero-order valence-electron chi connectivity index (χ0n) is 9.94. The molecule has 0 aliphatic carbocycles. The molecule has 0 saturated carbocycles. The molecule has 1 rings (SSSR count). The topological polar surface area (TPSA) is 107 Å². The Balaban J connectivity index is 3.22. The number of nitro groups is 1. The van der Waals surface area contributed by atoms with Crippen molar-refractivity contribution in [3.63, 3.8) is 0 Å². The van der Waals surface area contributed by atoms with E-state index in [0.717, 1.165) is 6.07 Å². The predicted octanol–water partition coefficient (Wildman–Crippen LogP) is 1.54. The van der Waals surface area contributed by atoms with Gasteiger partial charge in [0.05, 0.1) is 16.2 Å².